The van der Waals surface area contributed by atoms with Gasteiger partial charge in [0.2, 0.25) is 0 Å². The van der Waals surface area contributed by atoms with E-state index in [1.54, 1.807) is 0 Å². The fourth-order valence-electron chi connectivity index (χ4n) is 2.17. The minimum Gasteiger partial charge on any atom is -0.347 e. The molecule has 0 N–H and O–H groups in total. The summed E-state index contributed by atoms with van der Waals surface area (Å²) in [5.41, 5.74) is 1.13. The van der Waals surface area contributed by atoms with Crippen molar-refractivity contribution in [3.05, 3.63) is 26.5 Å². The second-order valence-corrected chi connectivity index (χ2v) is 7.57. The van der Waals surface area contributed by atoms with E-state index >= 15 is 0 Å². The molecule has 1 aliphatic carbocycles. The highest BCUT2D eigenvalue weighted by Crippen LogP contribution is 2.32. The topological polar surface area (TPSA) is 28.5 Å². The summed E-state index contributed by atoms with van der Waals surface area (Å²) in [5, 5.41) is 1.17. The summed E-state index contributed by atoms with van der Waals surface area (Å²) in [5.74, 6) is 2.04. The third-order valence-corrected chi connectivity index (χ3v) is 5.23. The first-order valence-electron chi connectivity index (χ1n) is 6.85. The average molecular weight is 387 g/mol. The Hall–Kier alpha value is -0.300. The minimum atomic E-state index is 0.223. The second-order valence-electron chi connectivity index (χ2n) is 5.16. The fraction of sp³-hybridized carbons (Fsp3) is 0.571. The number of pyridine rings is 1. The van der Waals surface area contributed by atoms with Crippen LogP contribution in [0.25, 0.3) is 6.20 Å². The summed E-state index contributed by atoms with van der Waals surface area (Å²) in [4.78, 5) is 11.7. The lowest BCUT2D eigenvalue weighted by Crippen LogP contribution is -2.43. The van der Waals surface area contributed by atoms with E-state index in [9.17, 15) is 0 Å². The van der Waals surface area contributed by atoms with Gasteiger partial charge >= 0.3 is 0 Å². The van der Waals surface area contributed by atoms with Crippen LogP contribution < -0.4 is 10.7 Å². The van der Waals surface area contributed by atoms with Crippen LogP contribution in [0.5, 0.6) is 0 Å². The van der Waals surface area contributed by atoms with Gasteiger partial charge in [0.15, 0.2) is 11.0 Å². The van der Waals surface area contributed by atoms with E-state index in [1.807, 2.05) is 18.0 Å². The SMILES string of the molecule is CCCSC1N=c2ncc(I)cc2=CN1CC1CC1. The van der Waals surface area contributed by atoms with Gasteiger partial charge in [0.05, 0.1) is 0 Å². The molecule has 1 aromatic heterocycles. The Kier molecular flexibility index (Phi) is 4.31. The summed E-state index contributed by atoms with van der Waals surface area (Å²) in [6.45, 7) is 3.37. The van der Waals surface area contributed by atoms with Crippen LogP contribution >= 0.6 is 34.4 Å². The average Bonchev–Trinajstić information content (AvgIpc) is 3.20. The highest BCUT2D eigenvalue weighted by molar-refractivity contribution is 14.1. The molecule has 2 heterocycles. The van der Waals surface area contributed by atoms with E-state index in [0.717, 1.165) is 23.7 Å². The Morgan fingerprint density at radius 2 is 2.32 bits per heavy atom. The molecule has 0 bridgehead atoms. The van der Waals surface area contributed by atoms with Crippen molar-refractivity contribution in [2.75, 3.05) is 12.3 Å². The van der Waals surface area contributed by atoms with Gasteiger partial charge in [0.25, 0.3) is 0 Å². The monoisotopic (exact) mass is 387 g/mol. The van der Waals surface area contributed by atoms with Gasteiger partial charge in [-0.1, -0.05) is 6.92 Å². The molecule has 3 nitrogen and oxygen atoms in total. The number of thioether (sulfide) groups is 1. The maximum absolute atomic E-state index is 4.83. The smallest absolute Gasteiger partial charge is 0.171 e. The molecular formula is C14H18IN3S. The summed E-state index contributed by atoms with van der Waals surface area (Å²) < 4.78 is 1.17. The van der Waals surface area contributed by atoms with Crippen molar-refractivity contribution in [1.82, 2.24) is 9.88 Å². The van der Waals surface area contributed by atoms with Gasteiger partial charge in [-0.05, 0) is 59.6 Å². The first-order chi connectivity index (χ1) is 9.26. The van der Waals surface area contributed by atoms with E-state index in [-0.39, 0.29) is 5.50 Å². The lowest BCUT2D eigenvalue weighted by Gasteiger charge is -2.29. The standard InChI is InChI=1S/C14H18IN3S/c1-2-5-19-14-17-13-11(6-12(15)7-16-13)9-18(14)8-10-3-4-10/h6-7,9-10,14H,2-5,8H2,1H3. The second kappa shape index (κ2) is 5.99. The molecule has 19 heavy (non-hydrogen) atoms. The fourth-order valence-corrected chi connectivity index (χ4v) is 3.60. The van der Waals surface area contributed by atoms with Crippen LogP contribution in [0.1, 0.15) is 26.2 Å². The number of fused-ring (bicyclic) bond motifs is 1. The first-order valence-corrected chi connectivity index (χ1v) is 8.97. The Morgan fingerprint density at radius 3 is 3.05 bits per heavy atom. The molecule has 0 amide bonds. The van der Waals surface area contributed by atoms with Crippen molar-refractivity contribution >= 4 is 40.6 Å². The van der Waals surface area contributed by atoms with E-state index in [2.05, 4.69) is 51.7 Å². The van der Waals surface area contributed by atoms with Gasteiger partial charge in [0, 0.05) is 27.7 Å². The Bertz CT molecular complexity index is 571. The number of aromatic nitrogens is 1. The molecule has 0 saturated heterocycles. The van der Waals surface area contributed by atoms with E-state index in [1.165, 1.54) is 28.1 Å². The molecule has 1 fully saturated rings. The lowest BCUT2D eigenvalue weighted by atomic mass is 10.3. The predicted molar refractivity (Wildman–Crippen MR) is 88.2 cm³/mol. The van der Waals surface area contributed by atoms with Gasteiger partial charge in [0.1, 0.15) is 0 Å². The van der Waals surface area contributed by atoms with Gasteiger partial charge in [-0.3, -0.25) is 0 Å². The van der Waals surface area contributed by atoms with Crippen molar-refractivity contribution in [2.45, 2.75) is 31.7 Å². The van der Waals surface area contributed by atoms with Crippen molar-refractivity contribution in [3.8, 4) is 0 Å². The summed E-state index contributed by atoms with van der Waals surface area (Å²) >= 11 is 4.24. The van der Waals surface area contributed by atoms with Crippen LogP contribution in [0.15, 0.2) is 17.3 Å². The molecule has 0 aromatic carbocycles. The van der Waals surface area contributed by atoms with Crippen LogP contribution in [0.2, 0.25) is 0 Å². The highest BCUT2D eigenvalue weighted by atomic mass is 127. The molecule has 1 atom stereocenters. The zero-order valence-corrected chi connectivity index (χ0v) is 14.0. The predicted octanol–water partition coefficient (Wildman–Crippen LogP) is 2.20. The van der Waals surface area contributed by atoms with Gasteiger partial charge < -0.3 is 4.90 Å². The Labute approximate surface area is 131 Å². The molecular weight excluding hydrogens is 369 g/mol. The van der Waals surface area contributed by atoms with E-state index in [4.69, 9.17) is 4.99 Å². The number of nitrogens with zero attached hydrogens (tertiary/aromatic N) is 3. The number of hydrogen-bond acceptors (Lipinski definition) is 4. The van der Waals surface area contributed by atoms with E-state index in [0.29, 0.717) is 0 Å². The highest BCUT2D eigenvalue weighted by Gasteiger charge is 2.27. The summed E-state index contributed by atoms with van der Waals surface area (Å²) in [6.07, 6.45) is 8.12. The van der Waals surface area contributed by atoms with Crippen molar-refractivity contribution in [1.29, 1.82) is 0 Å². The summed E-state index contributed by atoms with van der Waals surface area (Å²) in [6, 6.07) is 2.17. The van der Waals surface area contributed by atoms with Crippen LogP contribution in [-0.4, -0.2) is 27.7 Å². The Balaban J connectivity index is 1.90. The number of rotatable bonds is 5. The maximum Gasteiger partial charge on any atom is 0.171 e. The molecule has 1 aromatic rings. The molecule has 0 spiro atoms. The quantitative estimate of drug-likeness (QED) is 0.726. The third kappa shape index (κ3) is 3.42. The molecule has 102 valence electrons. The largest absolute Gasteiger partial charge is 0.347 e. The summed E-state index contributed by atoms with van der Waals surface area (Å²) in [7, 11) is 0. The van der Waals surface area contributed by atoms with Crippen molar-refractivity contribution in [2.24, 2.45) is 10.9 Å². The van der Waals surface area contributed by atoms with Gasteiger partial charge in [-0.25, -0.2) is 9.98 Å². The molecule has 1 unspecified atom stereocenters. The first kappa shape index (κ1) is 13.7. The Morgan fingerprint density at radius 1 is 1.47 bits per heavy atom. The van der Waals surface area contributed by atoms with Crippen LogP contribution in [0.3, 0.4) is 0 Å². The van der Waals surface area contributed by atoms with Crippen LogP contribution in [-0.2, 0) is 0 Å². The molecule has 5 heteroatoms. The maximum atomic E-state index is 4.83. The number of hydrogen-bond donors (Lipinski definition) is 0. The molecule has 2 aliphatic rings. The zero-order chi connectivity index (χ0) is 13.2. The zero-order valence-electron chi connectivity index (χ0n) is 11.1. The van der Waals surface area contributed by atoms with Crippen LogP contribution in [0.4, 0.5) is 0 Å². The molecule has 0 radical (unpaired) electrons. The van der Waals surface area contributed by atoms with Crippen molar-refractivity contribution < 1.29 is 0 Å². The molecule has 1 aliphatic heterocycles. The van der Waals surface area contributed by atoms with Gasteiger partial charge in [-0.2, -0.15) is 0 Å². The van der Waals surface area contributed by atoms with Crippen molar-refractivity contribution in [3.63, 3.8) is 0 Å². The van der Waals surface area contributed by atoms with Crippen LogP contribution in [0, 0.1) is 9.49 Å². The molecule has 3 rings (SSSR count). The number of halogens is 1. The third-order valence-electron chi connectivity index (χ3n) is 3.32. The van der Waals surface area contributed by atoms with E-state index < -0.39 is 0 Å². The minimum absolute atomic E-state index is 0.223. The molecule has 1 saturated carbocycles. The van der Waals surface area contributed by atoms with Gasteiger partial charge in [-0.15, -0.1) is 11.8 Å². The lowest BCUT2D eigenvalue weighted by molar-refractivity contribution is 0.365. The normalized spacial score (nSPS) is 21.6.